The van der Waals surface area contributed by atoms with E-state index in [1.807, 2.05) is 0 Å². The number of halogens is 3. The van der Waals surface area contributed by atoms with Crippen LogP contribution in [-0.2, 0) is 25.1 Å². The Kier molecular flexibility index (Phi) is 5.91. The highest BCUT2D eigenvalue weighted by atomic mass is 35.5. The van der Waals surface area contributed by atoms with E-state index in [2.05, 4.69) is 9.97 Å². The Balaban J connectivity index is 1.89. The first-order chi connectivity index (χ1) is 15.9. The first-order valence-corrected chi connectivity index (χ1v) is 12.0. The molecule has 2 aromatic carbocycles. The number of nitrogens with zero attached hydrogens (tertiary/aromatic N) is 2. The van der Waals surface area contributed by atoms with Crippen molar-refractivity contribution in [2.45, 2.75) is 30.1 Å². The van der Waals surface area contributed by atoms with Crippen molar-refractivity contribution < 1.29 is 26.7 Å². The maximum Gasteiger partial charge on any atom is 0.220 e. The van der Waals surface area contributed by atoms with Gasteiger partial charge in [0.05, 0.1) is 11.3 Å². The smallest absolute Gasteiger partial charge is 0.220 e. The summed E-state index contributed by atoms with van der Waals surface area (Å²) in [6, 6.07) is 8.53. The highest BCUT2D eigenvalue weighted by molar-refractivity contribution is 7.90. The van der Waals surface area contributed by atoms with Crippen molar-refractivity contribution >= 4 is 44.5 Å². The summed E-state index contributed by atoms with van der Waals surface area (Å²) in [4.78, 5) is 20.5. The number of nitrogens with two attached hydrogens (primary N) is 1. The number of hydrogen-bond acceptors (Lipinski definition) is 7. The van der Waals surface area contributed by atoms with E-state index in [4.69, 9.17) is 22.1 Å². The number of hydrogen-bond donors (Lipinski definition) is 1. The number of Topliss-reactive ketones (excluding diaryl/α,β-unsaturated/α-hetero) is 1. The van der Waals surface area contributed by atoms with Crippen LogP contribution in [0.15, 0.2) is 53.6 Å². The Bertz CT molecular complexity index is 1470. The van der Waals surface area contributed by atoms with Crippen LogP contribution in [0.5, 0.6) is 0 Å². The van der Waals surface area contributed by atoms with Gasteiger partial charge in [-0.1, -0.05) is 23.7 Å². The third kappa shape index (κ3) is 4.26. The number of anilines is 1. The fraction of sp³-hybridized carbons (Fsp3) is 0.174. The minimum atomic E-state index is -4.27. The predicted octanol–water partition coefficient (Wildman–Crippen LogP) is 4.21. The lowest BCUT2D eigenvalue weighted by atomic mass is 9.92. The van der Waals surface area contributed by atoms with E-state index in [0.29, 0.717) is 0 Å². The number of nitrogen functional groups attached to an aromatic ring is 1. The molecule has 1 aliphatic heterocycles. The fourth-order valence-electron chi connectivity index (χ4n) is 3.59. The van der Waals surface area contributed by atoms with Gasteiger partial charge in [-0.3, -0.25) is 4.79 Å². The molecule has 0 unspecified atom stereocenters. The Morgan fingerprint density at radius 1 is 1.15 bits per heavy atom. The van der Waals surface area contributed by atoms with Gasteiger partial charge in [-0.15, -0.1) is 0 Å². The summed E-state index contributed by atoms with van der Waals surface area (Å²) in [7, 11) is -4.27. The maximum absolute atomic E-state index is 15.7. The first-order valence-electron chi connectivity index (χ1n) is 9.93. The summed E-state index contributed by atoms with van der Waals surface area (Å²) in [5, 5.41) is -0.0262. The molecular weight excluding hydrogens is 488 g/mol. The number of carbonyl (C=O) groups is 1. The van der Waals surface area contributed by atoms with Gasteiger partial charge >= 0.3 is 0 Å². The van der Waals surface area contributed by atoms with Crippen LogP contribution in [0.2, 0.25) is 5.02 Å². The van der Waals surface area contributed by atoms with Crippen molar-refractivity contribution in [2.24, 2.45) is 0 Å². The van der Waals surface area contributed by atoms with E-state index in [9.17, 15) is 17.6 Å². The summed E-state index contributed by atoms with van der Waals surface area (Å²) < 4.78 is 61.3. The highest BCUT2D eigenvalue weighted by Crippen LogP contribution is 2.42. The van der Waals surface area contributed by atoms with E-state index in [1.54, 1.807) is 0 Å². The van der Waals surface area contributed by atoms with Gasteiger partial charge in [0, 0.05) is 22.3 Å². The number of sulfone groups is 1. The second kappa shape index (κ2) is 8.44. The van der Waals surface area contributed by atoms with Gasteiger partial charge in [0.15, 0.2) is 21.2 Å². The number of carbonyl (C=O) groups excluding carboxylic acids is 1. The molecule has 0 spiro atoms. The summed E-state index contributed by atoms with van der Waals surface area (Å²) in [5.74, 6) is -3.55. The molecule has 0 fully saturated rings. The van der Waals surface area contributed by atoms with Gasteiger partial charge in [-0.2, -0.15) is 0 Å². The zero-order valence-electron chi connectivity index (χ0n) is 18.0. The molecule has 2 heterocycles. The van der Waals surface area contributed by atoms with Crippen LogP contribution < -0.4 is 5.73 Å². The summed E-state index contributed by atoms with van der Waals surface area (Å²) >= 11 is 6.19. The quantitative estimate of drug-likeness (QED) is 0.552. The van der Waals surface area contributed by atoms with Crippen molar-refractivity contribution in [2.75, 3.05) is 5.73 Å². The minimum absolute atomic E-state index is 0.0262. The molecule has 34 heavy (non-hydrogen) atoms. The van der Waals surface area contributed by atoms with Crippen molar-refractivity contribution in [3.63, 3.8) is 0 Å². The van der Waals surface area contributed by atoms with Crippen LogP contribution in [0.25, 0.3) is 11.3 Å². The van der Waals surface area contributed by atoms with E-state index in [1.165, 1.54) is 44.3 Å². The number of ether oxygens (including phenoxy) is 1. The Hall–Kier alpha value is -3.37. The number of benzene rings is 2. The summed E-state index contributed by atoms with van der Waals surface area (Å²) in [5.41, 5.74) is 3.65. The van der Waals surface area contributed by atoms with Gasteiger partial charge in [0.25, 0.3) is 0 Å². The maximum atomic E-state index is 15.7. The Labute approximate surface area is 199 Å². The average molecular weight is 506 g/mol. The molecule has 0 amide bonds. The molecule has 0 saturated carbocycles. The molecule has 1 aromatic heterocycles. The third-order valence-electron chi connectivity index (χ3n) is 5.16. The molecule has 176 valence electrons. The van der Waals surface area contributed by atoms with E-state index in [0.717, 1.165) is 18.2 Å². The fourth-order valence-corrected chi connectivity index (χ4v) is 5.26. The van der Waals surface area contributed by atoms with Crippen LogP contribution in [0.1, 0.15) is 30.7 Å². The molecule has 4 rings (SSSR count). The van der Waals surface area contributed by atoms with E-state index in [-0.39, 0.29) is 39.1 Å². The van der Waals surface area contributed by atoms with Gasteiger partial charge < -0.3 is 10.5 Å². The topological polar surface area (TPSA) is 112 Å². The zero-order chi connectivity index (χ0) is 24.8. The molecule has 7 nitrogen and oxygen atoms in total. The monoisotopic (exact) mass is 505 g/mol. The molecule has 1 aliphatic rings. The number of rotatable bonds is 5. The summed E-state index contributed by atoms with van der Waals surface area (Å²) in [6.45, 7) is 3.00. The van der Waals surface area contributed by atoms with E-state index >= 15 is 4.39 Å². The molecule has 3 aromatic rings. The molecule has 2 N–H and O–H groups in total. The van der Waals surface area contributed by atoms with Gasteiger partial charge in [-0.05, 0) is 44.2 Å². The van der Waals surface area contributed by atoms with Gasteiger partial charge in [0.2, 0.25) is 11.7 Å². The summed E-state index contributed by atoms with van der Waals surface area (Å²) in [6.07, 6.45) is 1.35. The van der Waals surface area contributed by atoms with Crippen molar-refractivity contribution in [1.29, 1.82) is 0 Å². The molecule has 0 saturated heterocycles. The third-order valence-corrected chi connectivity index (χ3v) is 7.07. The molecule has 0 radical (unpaired) electrons. The van der Waals surface area contributed by atoms with Crippen molar-refractivity contribution in [3.05, 3.63) is 82.1 Å². The predicted molar refractivity (Wildman–Crippen MR) is 122 cm³/mol. The zero-order valence-corrected chi connectivity index (χ0v) is 19.5. The SMILES string of the molecule is CC1(C)OC(c2ccnc(N)n2)=C(c2cc(Cl)cc(CS(=O)(=O)c3ccccc3F)c2F)C1=O. The standard InChI is InChI=1S/C23H18ClF2N3O4S/c1-23(2)21(30)18(20(33-23)16-7-8-28-22(27)29-16)14-10-13(24)9-12(19(14)26)11-34(31,32)17-6-4-3-5-15(17)25/h3-10H,11H2,1-2H3,(H2,27,28,29). The number of aromatic nitrogens is 2. The van der Waals surface area contributed by atoms with Gasteiger partial charge in [-0.25, -0.2) is 27.2 Å². The molecule has 0 bridgehead atoms. The molecule has 0 atom stereocenters. The molecule has 0 aliphatic carbocycles. The number of ketones is 1. The van der Waals surface area contributed by atoms with Crippen molar-refractivity contribution in [3.8, 4) is 0 Å². The normalized spacial score (nSPS) is 15.5. The van der Waals surface area contributed by atoms with Crippen LogP contribution in [0.3, 0.4) is 0 Å². The second-order valence-corrected chi connectivity index (χ2v) is 10.5. The molecular formula is C23H18ClF2N3O4S. The average Bonchev–Trinajstić information content (AvgIpc) is 2.99. The first kappa shape index (κ1) is 23.8. The van der Waals surface area contributed by atoms with Crippen LogP contribution in [0.4, 0.5) is 14.7 Å². The lowest BCUT2D eigenvalue weighted by molar-refractivity contribution is -0.125. The second-order valence-electron chi connectivity index (χ2n) is 8.06. The Morgan fingerprint density at radius 3 is 2.53 bits per heavy atom. The Morgan fingerprint density at radius 2 is 1.85 bits per heavy atom. The lowest BCUT2D eigenvalue weighted by Crippen LogP contribution is -2.29. The minimum Gasteiger partial charge on any atom is -0.477 e. The van der Waals surface area contributed by atoms with E-state index < -0.39 is 43.5 Å². The van der Waals surface area contributed by atoms with Crippen LogP contribution >= 0.6 is 11.6 Å². The van der Waals surface area contributed by atoms with Crippen LogP contribution in [0, 0.1) is 11.6 Å². The van der Waals surface area contributed by atoms with Gasteiger partial charge in [0.1, 0.15) is 22.2 Å². The highest BCUT2D eigenvalue weighted by Gasteiger charge is 2.44. The van der Waals surface area contributed by atoms with Crippen LogP contribution in [-0.4, -0.2) is 29.8 Å². The molecule has 11 heteroatoms. The van der Waals surface area contributed by atoms with Crippen molar-refractivity contribution in [1.82, 2.24) is 9.97 Å². The largest absolute Gasteiger partial charge is 0.477 e. The lowest BCUT2D eigenvalue weighted by Gasteiger charge is -2.17.